The Balaban J connectivity index is 1.78. The molecule has 0 aromatic rings. The maximum Gasteiger partial charge on any atom is 0.320 e. The Kier molecular flexibility index (Phi) is 4.66. The van der Waals surface area contributed by atoms with Gasteiger partial charge < -0.3 is 5.11 Å². The summed E-state index contributed by atoms with van der Waals surface area (Å²) in [5, 5.41) is 9.16. The molecule has 1 aliphatic heterocycles. The molecule has 0 aromatic heterocycles. The third-order valence-electron chi connectivity index (χ3n) is 4.75. The van der Waals surface area contributed by atoms with Gasteiger partial charge in [0.25, 0.3) is 0 Å². The van der Waals surface area contributed by atoms with Crippen LogP contribution in [-0.2, 0) is 4.79 Å². The van der Waals surface area contributed by atoms with Gasteiger partial charge >= 0.3 is 5.97 Å². The second-order valence-electron chi connectivity index (χ2n) is 6.60. The molecule has 0 radical (unpaired) electrons. The van der Waals surface area contributed by atoms with Crippen molar-refractivity contribution < 1.29 is 9.90 Å². The van der Waals surface area contributed by atoms with Crippen molar-refractivity contribution in [2.24, 2.45) is 17.8 Å². The van der Waals surface area contributed by atoms with E-state index in [0.29, 0.717) is 0 Å². The van der Waals surface area contributed by atoms with E-state index in [0.717, 1.165) is 43.7 Å². The highest BCUT2D eigenvalue weighted by atomic mass is 16.4. The molecular formula is C15H27NO2. The average molecular weight is 253 g/mol. The maximum atomic E-state index is 11.1. The first-order valence-corrected chi connectivity index (χ1v) is 7.53. The van der Waals surface area contributed by atoms with Crippen molar-refractivity contribution in [2.45, 2.75) is 58.4 Å². The van der Waals surface area contributed by atoms with Crippen LogP contribution in [0.2, 0.25) is 0 Å². The number of hydrogen-bond donors (Lipinski definition) is 1. The lowest BCUT2D eigenvalue weighted by atomic mass is 9.75. The van der Waals surface area contributed by atoms with Gasteiger partial charge in [-0.15, -0.1) is 0 Å². The van der Waals surface area contributed by atoms with Gasteiger partial charge in [0.15, 0.2) is 0 Å². The van der Waals surface area contributed by atoms with Crippen LogP contribution in [0.5, 0.6) is 0 Å². The largest absolute Gasteiger partial charge is 0.480 e. The second kappa shape index (κ2) is 6.05. The number of likely N-dealkylation sites (tertiary alicyclic amines) is 1. The first kappa shape index (κ1) is 13.9. The maximum absolute atomic E-state index is 11.1. The highest BCUT2D eigenvalue weighted by molar-refractivity contribution is 5.73. The van der Waals surface area contributed by atoms with Crippen molar-refractivity contribution in [3.63, 3.8) is 0 Å². The van der Waals surface area contributed by atoms with Crippen molar-refractivity contribution in [2.75, 3.05) is 13.1 Å². The SMILES string of the molecule is C[C@H]1CC(CCN2CCC[C@H]2C(=O)O)C[C@H](C)C1. The van der Waals surface area contributed by atoms with E-state index in [4.69, 9.17) is 5.11 Å². The minimum Gasteiger partial charge on any atom is -0.480 e. The van der Waals surface area contributed by atoms with Crippen molar-refractivity contribution in [1.29, 1.82) is 0 Å². The minimum absolute atomic E-state index is 0.205. The number of aliphatic carboxylic acids is 1. The molecule has 3 atom stereocenters. The Hall–Kier alpha value is -0.570. The summed E-state index contributed by atoms with van der Waals surface area (Å²) in [6.45, 7) is 6.69. The number of carbonyl (C=O) groups is 1. The van der Waals surface area contributed by atoms with Gasteiger partial charge in [-0.2, -0.15) is 0 Å². The highest BCUT2D eigenvalue weighted by Gasteiger charge is 2.31. The molecule has 3 nitrogen and oxygen atoms in total. The molecule has 0 amide bonds. The summed E-state index contributed by atoms with van der Waals surface area (Å²) >= 11 is 0. The Morgan fingerprint density at radius 2 is 1.89 bits per heavy atom. The van der Waals surface area contributed by atoms with Crippen molar-refractivity contribution >= 4 is 5.97 Å². The molecule has 3 heteroatoms. The van der Waals surface area contributed by atoms with Gasteiger partial charge in [-0.05, 0) is 69.4 Å². The van der Waals surface area contributed by atoms with Crippen LogP contribution in [0.25, 0.3) is 0 Å². The molecule has 0 aromatic carbocycles. The molecule has 0 unspecified atom stereocenters. The molecule has 1 saturated carbocycles. The molecule has 2 aliphatic rings. The van der Waals surface area contributed by atoms with E-state index in [-0.39, 0.29) is 6.04 Å². The predicted octanol–water partition coefficient (Wildman–Crippen LogP) is 3.00. The predicted molar refractivity (Wildman–Crippen MR) is 72.5 cm³/mol. The molecule has 0 spiro atoms. The van der Waals surface area contributed by atoms with Crippen molar-refractivity contribution in [1.82, 2.24) is 4.90 Å². The van der Waals surface area contributed by atoms with E-state index in [1.807, 2.05) is 0 Å². The lowest BCUT2D eigenvalue weighted by molar-refractivity contribution is -0.142. The van der Waals surface area contributed by atoms with Crippen LogP contribution in [0.3, 0.4) is 0 Å². The molecule has 2 rings (SSSR count). The van der Waals surface area contributed by atoms with Gasteiger partial charge in [0.1, 0.15) is 6.04 Å². The third-order valence-corrected chi connectivity index (χ3v) is 4.75. The van der Waals surface area contributed by atoms with Crippen LogP contribution in [0, 0.1) is 17.8 Å². The fourth-order valence-electron chi connectivity index (χ4n) is 4.07. The topological polar surface area (TPSA) is 40.5 Å². The summed E-state index contributed by atoms with van der Waals surface area (Å²) in [6.07, 6.45) is 7.14. The molecular weight excluding hydrogens is 226 g/mol. The van der Waals surface area contributed by atoms with Gasteiger partial charge in [0, 0.05) is 0 Å². The average Bonchev–Trinajstić information content (AvgIpc) is 2.73. The standard InChI is InChI=1S/C15H27NO2/c1-11-8-12(2)10-13(9-11)5-7-16-6-3-4-14(16)15(17)18/h11-14H,3-10H2,1-2H3,(H,17,18)/t11-,12-,14+/m1/s1. The van der Waals surface area contributed by atoms with Gasteiger partial charge in [-0.3, -0.25) is 9.69 Å². The minimum atomic E-state index is -0.627. The molecule has 0 bridgehead atoms. The van der Waals surface area contributed by atoms with Crippen LogP contribution in [-0.4, -0.2) is 35.1 Å². The van der Waals surface area contributed by atoms with Gasteiger partial charge in [0.2, 0.25) is 0 Å². The van der Waals surface area contributed by atoms with Crippen molar-refractivity contribution in [3.8, 4) is 0 Å². The van der Waals surface area contributed by atoms with E-state index in [1.54, 1.807) is 0 Å². The number of carboxylic acids is 1. The van der Waals surface area contributed by atoms with E-state index >= 15 is 0 Å². The van der Waals surface area contributed by atoms with E-state index in [9.17, 15) is 4.79 Å². The van der Waals surface area contributed by atoms with E-state index in [1.165, 1.54) is 25.7 Å². The Morgan fingerprint density at radius 1 is 1.22 bits per heavy atom. The molecule has 1 aliphatic carbocycles. The Labute approximate surface area is 111 Å². The highest BCUT2D eigenvalue weighted by Crippen LogP contribution is 2.35. The van der Waals surface area contributed by atoms with Crippen LogP contribution in [0.1, 0.15) is 52.4 Å². The fraction of sp³-hybridized carbons (Fsp3) is 0.933. The molecule has 104 valence electrons. The Morgan fingerprint density at radius 3 is 2.50 bits per heavy atom. The summed E-state index contributed by atoms with van der Waals surface area (Å²) < 4.78 is 0. The quantitative estimate of drug-likeness (QED) is 0.837. The molecule has 1 heterocycles. The number of carboxylic acid groups (broad SMARTS) is 1. The fourth-order valence-corrected chi connectivity index (χ4v) is 4.07. The zero-order valence-corrected chi connectivity index (χ0v) is 11.8. The smallest absolute Gasteiger partial charge is 0.320 e. The number of rotatable bonds is 4. The summed E-state index contributed by atoms with van der Waals surface area (Å²) in [7, 11) is 0. The van der Waals surface area contributed by atoms with Crippen LogP contribution in [0.4, 0.5) is 0 Å². The molecule has 1 saturated heterocycles. The monoisotopic (exact) mass is 253 g/mol. The van der Waals surface area contributed by atoms with Crippen LogP contribution < -0.4 is 0 Å². The summed E-state index contributed by atoms with van der Waals surface area (Å²) in [5.41, 5.74) is 0. The third kappa shape index (κ3) is 3.47. The van der Waals surface area contributed by atoms with Crippen LogP contribution in [0.15, 0.2) is 0 Å². The first-order valence-electron chi connectivity index (χ1n) is 7.53. The lowest BCUT2D eigenvalue weighted by Crippen LogP contribution is -2.37. The van der Waals surface area contributed by atoms with Crippen LogP contribution >= 0.6 is 0 Å². The lowest BCUT2D eigenvalue weighted by Gasteiger charge is -2.33. The second-order valence-corrected chi connectivity index (χ2v) is 6.60. The van der Waals surface area contributed by atoms with Crippen molar-refractivity contribution in [3.05, 3.63) is 0 Å². The van der Waals surface area contributed by atoms with Gasteiger partial charge in [-0.1, -0.05) is 13.8 Å². The summed E-state index contributed by atoms with van der Waals surface area (Å²) in [6, 6.07) is -0.205. The summed E-state index contributed by atoms with van der Waals surface area (Å²) in [5.74, 6) is 1.90. The first-order chi connectivity index (χ1) is 8.56. The molecule has 18 heavy (non-hydrogen) atoms. The molecule has 1 N–H and O–H groups in total. The number of nitrogens with zero attached hydrogens (tertiary/aromatic N) is 1. The Bertz CT molecular complexity index is 282. The molecule has 2 fully saturated rings. The zero-order valence-electron chi connectivity index (χ0n) is 11.8. The summed E-state index contributed by atoms with van der Waals surface area (Å²) in [4.78, 5) is 13.3. The van der Waals surface area contributed by atoms with E-state index < -0.39 is 5.97 Å². The number of hydrogen-bond acceptors (Lipinski definition) is 2. The normalized spacial score (nSPS) is 37.9. The van der Waals surface area contributed by atoms with Gasteiger partial charge in [-0.25, -0.2) is 0 Å². The van der Waals surface area contributed by atoms with Gasteiger partial charge in [0.05, 0.1) is 0 Å². The van der Waals surface area contributed by atoms with E-state index in [2.05, 4.69) is 18.7 Å². The zero-order chi connectivity index (χ0) is 13.1.